The van der Waals surface area contributed by atoms with E-state index in [9.17, 15) is 9.59 Å². The molecule has 6 nitrogen and oxygen atoms in total. The molecule has 1 aromatic heterocycles. The highest BCUT2D eigenvalue weighted by Gasteiger charge is 2.30. The molecule has 1 aliphatic carbocycles. The minimum Gasteiger partial charge on any atom is -0.339 e. The quantitative estimate of drug-likeness (QED) is 0.760. The topological polar surface area (TPSA) is 47.1 Å². The van der Waals surface area contributed by atoms with E-state index in [0.717, 1.165) is 45.3 Å². The van der Waals surface area contributed by atoms with Crippen LogP contribution in [-0.2, 0) is 4.79 Å². The second-order valence-corrected chi connectivity index (χ2v) is 8.99. The van der Waals surface area contributed by atoms with Crippen molar-refractivity contribution < 1.29 is 9.59 Å². The van der Waals surface area contributed by atoms with Crippen molar-refractivity contribution in [1.29, 1.82) is 0 Å². The maximum atomic E-state index is 12.6. The van der Waals surface area contributed by atoms with Crippen LogP contribution in [-0.4, -0.2) is 96.4 Å². The summed E-state index contributed by atoms with van der Waals surface area (Å²) in [5.41, 5.74) is 0. The Labute approximate surface area is 169 Å². The van der Waals surface area contributed by atoms with Gasteiger partial charge in [-0.05, 0) is 24.3 Å². The summed E-state index contributed by atoms with van der Waals surface area (Å²) in [7, 11) is 0. The molecule has 8 heteroatoms. The summed E-state index contributed by atoms with van der Waals surface area (Å²) < 4.78 is 0. The lowest BCUT2D eigenvalue weighted by atomic mass is 9.91. The van der Waals surface area contributed by atoms with Gasteiger partial charge < -0.3 is 9.80 Å². The van der Waals surface area contributed by atoms with Crippen LogP contribution in [0.3, 0.4) is 0 Å². The van der Waals surface area contributed by atoms with Crippen molar-refractivity contribution in [2.75, 3.05) is 58.9 Å². The fraction of sp³-hybridized carbons (Fsp3) is 0.684. The molecule has 0 radical (unpaired) electrons. The highest BCUT2D eigenvalue weighted by atomic mass is 35.5. The monoisotopic (exact) mass is 410 g/mol. The molecule has 4 rings (SSSR count). The van der Waals surface area contributed by atoms with E-state index in [-0.39, 0.29) is 11.8 Å². The minimum absolute atomic E-state index is 0.00749. The molecule has 0 unspecified atom stereocenters. The lowest BCUT2D eigenvalue weighted by molar-refractivity contribution is -0.135. The maximum absolute atomic E-state index is 12.6. The molecule has 3 fully saturated rings. The zero-order valence-corrected chi connectivity index (χ0v) is 17.2. The van der Waals surface area contributed by atoms with Gasteiger partial charge in [0, 0.05) is 58.4 Å². The summed E-state index contributed by atoms with van der Waals surface area (Å²) in [6.07, 6.45) is 4.01. The van der Waals surface area contributed by atoms with E-state index in [1.54, 1.807) is 6.07 Å². The number of thiophene rings is 1. The molecule has 2 aliphatic heterocycles. The molecular weight excluding hydrogens is 384 g/mol. The molecule has 27 heavy (non-hydrogen) atoms. The Morgan fingerprint density at radius 1 is 1.00 bits per heavy atom. The van der Waals surface area contributed by atoms with E-state index in [1.165, 1.54) is 30.6 Å². The lowest BCUT2D eigenvalue weighted by Gasteiger charge is -2.43. The maximum Gasteiger partial charge on any atom is 0.265 e. The van der Waals surface area contributed by atoms with Crippen LogP contribution in [0.25, 0.3) is 0 Å². The average Bonchev–Trinajstić information content (AvgIpc) is 3.07. The van der Waals surface area contributed by atoms with Gasteiger partial charge in [0.15, 0.2) is 0 Å². The van der Waals surface area contributed by atoms with Gasteiger partial charge in [0.25, 0.3) is 5.91 Å². The molecule has 148 valence electrons. The lowest BCUT2D eigenvalue weighted by Crippen LogP contribution is -2.56. The summed E-state index contributed by atoms with van der Waals surface area (Å²) in [6, 6.07) is 2.53. The summed E-state index contributed by atoms with van der Waals surface area (Å²) >= 11 is 7.47. The van der Waals surface area contributed by atoms with Gasteiger partial charge in [-0.1, -0.05) is 18.0 Å². The van der Waals surface area contributed by atoms with Crippen molar-refractivity contribution in [3.05, 3.63) is 21.3 Å². The highest BCUT2D eigenvalue weighted by Crippen LogP contribution is 2.26. The fourth-order valence-corrected chi connectivity index (χ4v) is 5.18. The summed E-state index contributed by atoms with van der Waals surface area (Å²) in [6.45, 7) is 6.97. The van der Waals surface area contributed by atoms with E-state index in [2.05, 4.69) is 9.80 Å². The normalized spacial score (nSPS) is 22.7. The zero-order chi connectivity index (χ0) is 18.8. The smallest absolute Gasteiger partial charge is 0.265 e. The number of halogens is 1. The number of carbonyl (C=O) groups is 2. The molecule has 2 amide bonds. The number of nitrogens with zero attached hydrogens (tertiary/aromatic N) is 4. The van der Waals surface area contributed by atoms with Crippen molar-refractivity contribution in [3.63, 3.8) is 0 Å². The molecule has 0 atom stereocenters. The van der Waals surface area contributed by atoms with Crippen LogP contribution in [0.1, 0.15) is 28.9 Å². The van der Waals surface area contributed by atoms with Gasteiger partial charge in [0.1, 0.15) is 4.88 Å². The van der Waals surface area contributed by atoms with Crippen LogP contribution < -0.4 is 0 Å². The van der Waals surface area contributed by atoms with E-state index in [4.69, 9.17) is 11.6 Å². The summed E-state index contributed by atoms with van der Waals surface area (Å²) in [4.78, 5) is 34.4. The molecule has 0 bridgehead atoms. The van der Waals surface area contributed by atoms with Crippen LogP contribution in [0.2, 0.25) is 5.02 Å². The third-order valence-corrected chi connectivity index (χ3v) is 7.42. The SMILES string of the molecule is O=C(CN1CCN(C(=O)c2sccc2Cl)CC1)N1CCN(C2CCC2)CC1. The van der Waals surface area contributed by atoms with Crippen LogP contribution in [0.15, 0.2) is 11.4 Å². The first kappa shape index (κ1) is 19.2. The van der Waals surface area contributed by atoms with Gasteiger partial charge in [-0.25, -0.2) is 0 Å². The Hall–Kier alpha value is -1.15. The number of rotatable bonds is 4. The van der Waals surface area contributed by atoms with E-state index < -0.39 is 0 Å². The second kappa shape index (κ2) is 8.47. The van der Waals surface area contributed by atoms with Crippen LogP contribution in [0.4, 0.5) is 0 Å². The van der Waals surface area contributed by atoms with Crippen molar-refractivity contribution in [3.8, 4) is 0 Å². The summed E-state index contributed by atoms with van der Waals surface area (Å²) in [5.74, 6) is 0.234. The van der Waals surface area contributed by atoms with Gasteiger partial charge >= 0.3 is 0 Å². The highest BCUT2D eigenvalue weighted by molar-refractivity contribution is 7.12. The number of amides is 2. The number of piperazine rings is 2. The summed E-state index contributed by atoms with van der Waals surface area (Å²) in [5, 5.41) is 2.37. The van der Waals surface area contributed by atoms with Gasteiger partial charge in [-0.2, -0.15) is 0 Å². The first-order valence-corrected chi connectivity index (χ1v) is 11.1. The van der Waals surface area contributed by atoms with Crippen LogP contribution in [0.5, 0.6) is 0 Å². The predicted molar refractivity (Wildman–Crippen MR) is 107 cm³/mol. The van der Waals surface area contributed by atoms with Crippen molar-refractivity contribution in [2.45, 2.75) is 25.3 Å². The number of carbonyl (C=O) groups excluding carboxylic acids is 2. The molecule has 3 heterocycles. The fourth-order valence-electron chi connectivity index (χ4n) is 4.08. The Balaban J connectivity index is 1.20. The van der Waals surface area contributed by atoms with Crippen molar-refractivity contribution in [1.82, 2.24) is 19.6 Å². The van der Waals surface area contributed by atoms with Crippen molar-refractivity contribution in [2.24, 2.45) is 0 Å². The average molecular weight is 411 g/mol. The Morgan fingerprint density at radius 2 is 1.67 bits per heavy atom. The number of hydrogen-bond acceptors (Lipinski definition) is 5. The van der Waals surface area contributed by atoms with E-state index in [0.29, 0.717) is 29.5 Å². The Morgan fingerprint density at radius 3 is 2.22 bits per heavy atom. The van der Waals surface area contributed by atoms with Gasteiger partial charge in [-0.15, -0.1) is 11.3 Å². The number of hydrogen-bond donors (Lipinski definition) is 0. The van der Waals surface area contributed by atoms with Gasteiger partial charge in [0.2, 0.25) is 5.91 Å². The van der Waals surface area contributed by atoms with E-state index >= 15 is 0 Å². The minimum atomic E-state index is 0.00749. The largest absolute Gasteiger partial charge is 0.339 e. The van der Waals surface area contributed by atoms with E-state index in [1.807, 2.05) is 15.2 Å². The van der Waals surface area contributed by atoms with Crippen LogP contribution in [0, 0.1) is 0 Å². The molecule has 1 saturated carbocycles. The van der Waals surface area contributed by atoms with Gasteiger partial charge in [-0.3, -0.25) is 19.4 Å². The predicted octanol–water partition coefficient (Wildman–Crippen LogP) is 1.86. The first-order valence-electron chi connectivity index (χ1n) is 9.88. The molecule has 0 N–H and O–H groups in total. The zero-order valence-electron chi connectivity index (χ0n) is 15.6. The van der Waals surface area contributed by atoms with Crippen LogP contribution >= 0.6 is 22.9 Å². The Kier molecular flexibility index (Phi) is 6.02. The second-order valence-electron chi connectivity index (χ2n) is 7.67. The Bertz CT molecular complexity index is 677. The molecule has 3 aliphatic rings. The molecule has 2 saturated heterocycles. The third-order valence-electron chi connectivity index (χ3n) is 6.09. The first-order chi connectivity index (χ1) is 13.1. The molecule has 1 aromatic rings. The molecule has 0 aromatic carbocycles. The third kappa shape index (κ3) is 4.31. The molecule has 0 spiro atoms. The van der Waals surface area contributed by atoms with Crippen molar-refractivity contribution >= 4 is 34.8 Å². The molecular formula is C19H27ClN4O2S. The standard InChI is InChI=1S/C19H27ClN4O2S/c20-16-4-13-27-18(16)19(26)24-7-5-21(6-8-24)14-17(25)23-11-9-22(10-12-23)15-2-1-3-15/h4,13,15H,1-3,5-12,14H2. The van der Waals surface area contributed by atoms with Gasteiger partial charge in [0.05, 0.1) is 11.6 Å².